The number of Topliss-reactive ketones (excluding diaryl/α,β-unsaturated/α-hetero) is 1. The average molecular weight is 219 g/mol. The standard InChI is InChI=1S/C13H17NO2/c1-9-11-3-2-5-14(11)12(7-13(9)15)10-4-6-16-8-10/h4,6,8-9,11-12H,2-3,5,7H2,1H3/t9-,11-,12-/m0/s1. The Labute approximate surface area is 95.4 Å². The summed E-state index contributed by atoms with van der Waals surface area (Å²) in [4.78, 5) is 14.5. The molecule has 3 rings (SSSR count). The van der Waals surface area contributed by atoms with E-state index in [4.69, 9.17) is 4.42 Å². The zero-order chi connectivity index (χ0) is 11.1. The highest BCUT2D eigenvalue weighted by Crippen LogP contribution is 2.40. The summed E-state index contributed by atoms with van der Waals surface area (Å²) in [5, 5.41) is 0. The lowest BCUT2D eigenvalue weighted by atomic mass is 9.84. The summed E-state index contributed by atoms with van der Waals surface area (Å²) in [5.41, 5.74) is 1.16. The Hall–Kier alpha value is -1.09. The van der Waals surface area contributed by atoms with E-state index in [0.29, 0.717) is 18.2 Å². The van der Waals surface area contributed by atoms with Gasteiger partial charge >= 0.3 is 0 Å². The van der Waals surface area contributed by atoms with Crippen LogP contribution in [0.25, 0.3) is 0 Å². The highest BCUT2D eigenvalue weighted by atomic mass is 16.3. The smallest absolute Gasteiger partial charge is 0.139 e. The van der Waals surface area contributed by atoms with Crippen molar-refractivity contribution in [3.05, 3.63) is 24.2 Å². The fourth-order valence-corrected chi connectivity index (χ4v) is 3.22. The van der Waals surface area contributed by atoms with Crippen molar-refractivity contribution in [2.75, 3.05) is 6.54 Å². The van der Waals surface area contributed by atoms with Crippen LogP contribution >= 0.6 is 0 Å². The predicted molar refractivity (Wildman–Crippen MR) is 60.0 cm³/mol. The molecule has 0 radical (unpaired) electrons. The van der Waals surface area contributed by atoms with E-state index in [1.165, 1.54) is 12.8 Å². The van der Waals surface area contributed by atoms with Gasteiger partial charge in [0, 0.05) is 30.0 Å². The predicted octanol–water partition coefficient (Wildman–Crippen LogP) is 2.39. The van der Waals surface area contributed by atoms with E-state index >= 15 is 0 Å². The zero-order valence-corrected chi connectivity index (χ0v) is 9.56. The molecule has 2 saturated heterocycles. The average Bonchev–Trinajstić information content (AvgIpc) is 2.93. The molecule has 0 aliphatic carbocycles. The number of piperidine rings is 1. The Balaban J connectivity index is 1.92. The first kappa shape index (κ1) is 10.1. The molecule has 1 aromatic rings. The highest BCUT2D eigenvalue weighted by molar-refractivity contribution is 5.83. The minimum Gasteiger partial charge on any atom is -0.472 e. The number of carbonyl (C=O) groups excluding carboxylic acids is 1. The Kier molecular flexibility index (Phi) is 2.36. The summed E-state index contributed by atoms with van der Waals surface area (Å²) >= 11 is 0. The van der Waals surface area contributed by atoms with E-state index in [1.807, 2.05) is 6.07 Å². The maximum atomic E-state index is 12.0. The number of ketones is 1. The third-order valence-corrected chi connectivity index (χ3v) is 4.15. The van der Waals surface area contributed by atoms with Gasteiger partial charge in [-0.15, -0.1) is 0 Å². The largest absolute Gasteiger partial charge is 0.472 e. The Morgan fingerprint density at radius 2 is 2.38 bits per heavy atom. The van der Waals surface area contributed by atoms with Crippen LogP contribution in [-0.4, -0.2) is 23.3 Å². The van der Waals surface area contributed by atoms with Crippen molar-refractivity contribution in [2.45, 2.75) is 38.3 Å². The number of rotatable bonds is 1. The first-order valence-electron chi connectivity index (χ1n) is 6.08. The van der Waals surface area contributed by atoms with Gasteiger partial charge in [0.05, 0.1) is 12.5 Å². The Morgan fingerprint density at radius 3 is 3.12 bits per heavy atom. The summed E-state index contributed by atoms with van der Waals surface area (Å²) < 4.78 is 5.14. The van der Waals surface area contributed by atoms with Crippen LogP contribution in [0.2, 0.25) is 0 Å². The number of hydrogen-bond acceptors (Lipinski definition) is 3. The van der Waals surface area contributed by atoms with Crippen molar-refractivity contribution in [1.82, 2.24) is 4.90 Å². The number of carbonyl (C=O) groups is 1. The zero-order valence-electron chi connectivity index (χ0n) is 9.56. The van der Waals surface area contributed by atoms with E-state index in [1.54, 1.807) is 12.5 Å². The second-order valence-electron chi connectivity index (χ2n) is 4.98. The SMILES string of the molecule is C[C@@H]1C(=O)C[C@@H](c2ccoc2)N2CCC[C@@H]12. The molecular weight excluding hydrogens is 202 g/mol. The highest BCUT2D eigenvalue weighted by Gasteiger charge is 2.42. The molecule has 16 heavy (non-hydrogen) atoms. The Morgan fingerprint density at radius 1 is 1.50 bits per heavy atom. The van der Waals surface area contributed by atoms with Gasteiger partial charge in [-0.3, -0.25) is 9.69 Å². The fraction of sp³-hybridized carbons (Fsp3) is 0.615. The molecule has 86 valence electrons. The summed E-state index contributed by atoms with van der Waals surface area (Å²) in [6, 6.07) is 2.71. The van der Waals surface area contributed by atoms with Gasteiger partial charge < -0.3 is 4.42 Å². The van der Waals surface area contributed by atoms with E-state index in [0.717, 1.165) is 12.1 Å². The van der Waals surface area contributed by atoms with Crippen LogP contribution in [0.3, 0.4) is 0 Å². The molecule has 0 amide bonds. The first-order valence-corrected chi connectivity index (χ1v) is 6.08. The molecule has 0 unspecified atom stereocenters. The normalized spacial score (nSPS) is 35.3. The summed E-state index contributed by atoms with van der Waals surface area (Å²) in [7, 11) is 0. The number of furan rings is 1. The topological polar surface area (TPSA) is 33.5 Å². The van der Waals surface area contributed by atoms with Crippen molar-refractivity contribution >= 4 is 5.78 Å². The van der Waals surface area contributed by atoms with Gasteiger partial charge in [-0.1, -0.05) is 6.92 Å². The number of nitrogens with zero attached hydrogens (tertiary/aromatic N) is 1. The maximum Gasteiger partial charge on any atom is 0.139 e. The summed E-state index contributed by atoms with van der Waals surface area (Å²) in [6.45, 7) is 3.20. The van der Waals surface area contributed by atoms with Crippen LogP contribution in [0.5, 0.6) is 0 Å². The first-order chi connectivity index (χ1) is 7.77. The molecule has 0 saturated carbocycles. The molecule has 0 bridgehead atoms. The van der Waals surface area contributed by atoms with Crippen molar-refractivity contribution in [3.8, 4) is 0 Å². The van der Waals surface area contributed by atoms with Gasteiger partial charge in [0.2, 0.25) is 0 Å². The minimum atomic E-state index is 0.214. The molecule has 3 heterocycles. The van der Waals surface area contributed by atoms with Gasteiger partial charge in [0.1, 0.15) is 5.78 Å². The molecule has 0 N–H and O–H groups in total. The van der Waals surface area contributed by atoms with Gasteiger partial charge in [-0.25, -0.2) is 0 Å². The van der Waals surface area contributed by atoms with Crippen LogP contribution in [0.15, 0.2) is 23.0 Å². The van der Waals surface area contributed by atoms with Crippen LogP contribution in [0.4, 0.5) is 0 Å². The fourth-order valence-electron chi connectivity index (χ4n) is 3.22. The van der Waals surface area contributed by atoms with E-state index in [9.17, 15) is 4.79 Å². The van der Waals surface area contributed by atoms with Crippen molar-refractivity contribution in [3.63, 3.8) is 0 Å². The van der Waals surface area contributed by atoms with Crippen LogP contribution in [0, 0.1) is 5.92 Å². The minimum absolute atomic E-state index is 0.214. The molecule has 3 heteroatoms. The second kappa shape index (κ2) is 3.74. The van der Waals surface area contributed by atoms with Crippen LogP contribution in [0.1, 0.15) is 37.8 Å². The van der Waals surface area contributed by atoms with Gasteiger partial charge in [0.25, 0.3) is 0 Å². The van der Waals surface area contributed by atoms with Crippen LogP contribution < -0.4 is 0 Å². The van der Waals surface area contributed by atoms with Crippen molar-refractivity contribution in [2.24, 2.45) is 5.92 Å². The maximum absolute atomic E-state index is 12.0. The van der Waals surface area contributed by atoms with Gasteiger partial charge in [-0.05, 0) is 25.5 Å². The third-order valence-electron chi connectivity index (χ3n) is 4.15. The molecule has 1 aromatic heterocycles. The second-order valence-corrected chi connectivity index (χ2v) is 4.98. The van der Waals surface area contributed by atoms with E-state index < -0.39 is 0 Å². The van der Waals surface area contributed by atoms with Crippen LogP contribution in [-0.2, 0) is 4.79 Å². The molecule has 0 aromatic carbocycles. The van der Waals surface area contributed by atoms with Crippen molar-refractivity contribution in [1.29, 1.82) is 0 Å². The third kappa shape index (κ3) is 1.42. The molecule has 3 atom stereocenters. The number of fused-ring (bicyclic) bond motifs is 1. The van der Waals surface area contributed by atoms with Gasteiger partial charge in [0.15, 0.2) is 0 Å². The lowest BCUT2D eigenvalue weighted by Crippen LogP contribution is -2.46. The quantitative estimate of drug-likeness (QED) is 0.727. The van der Waals surface area contributed by atoms with E-state index in [2.05, 4.69) is 11.8 Å². The molecule has 2 aliphatic heterocycles. The summed E-state index contributed by atoms with van der Waals surface area (Å²) in [5.74, 6) is 0.625. The number of hydrogen-bond donors (Lipinski definition) is 0. The molecule has 3 nitrogen and oxygen atoms in total. The molecular formula is C13H17NO2. The lowest BCUT2D eigenvalue weighted by Gasteiger charge is -2.40. The molecule has 2 aliphatic rings. The van der Waals surface area contributed by atoms with E-state index in [-0.39, 0.29) is 12.0 Å². The lowest BCUT2D eigenvalue weighted by molar-refractivity contribution is -0.129. The molecule has 2 fully saturated rings. The molecule has 0 spiro atoms. The van der Waals surface area contributed by atoms with Gasteiger partial charge in [-0.2, -0.15) is 0 Å². The summed E-state index contributed by atoms with van der Waals surface area (Å²) in [6.07, 6.45) is 6.52. The van der Waals surface area contributed by atoms with Crippen molar-refractivity contribution < 1.29 is 9.21 Å². The Bertz CT molecular complexity index is 385. The monoisotopic (exact) mass is 219 g/mol.